The zero-order valence-electron chi connectivity index (χ0n) is 13.3. The van der Waals surface area contributed by atoms with Crippen LogP contribution in [0, 0.1) is 0 Å². The Morgan fingerprint density at radius 3 is 2.87 bits per heavy atom. The summed E-state index contributed by atoms with van der Waals surface area (Å²) >= 11 is 0. The largest absolute Gasteiger partial charge is 0.395 e. The predicted molar refractivity (Wildman–Crippen MR) is 87.8 cm³/mol. The molecule has 1 aliphatic heterocycles. The fourth-order valence-corrected chi connectivity index (χ4v) is 2.74. The van der Waals surface area contributed by atoms with Gasteiger partial charge in [-0.3, -0.25) is 9.59 Å². The number of carbonyl (C=O) groups is 2. The smallest absolute Gasteiger partial charge is 0.240 e. The van der Waals surface area contributed by atoms with Gasteiger partial charge in [-0.15, -0.1) is 0 Å². The van der Waals surface area contributed by atoms with E-state index in [1.165, 1.54) is 5.56 Å². The molecule has 2 amide bonds. The van der Waals surface area contributed by atoms with Gasteiger partial charge in [-0.2, -0.15) is 0 Å². The molecule has 23 heavy (non-hydrogen) atoms. The quantitative estimate of drug-likeness (QED) is 0.626. The number of rotatable bonds is 8. The molecule has 0 spiro atoms. The zero-order valence-corrected chi connectivity index (χ0v) is 13.3. The number of amides is 2. The van der Waals surface area contributed by atoms with Crippen LogP contribution in [-0.2, 0) is 16.0 Å². The number of nitrogens with one attached hydrogen (secondary N) is 2. The summed E-state index contributed by atoms with van der Waals surface area (Å²) in [5.41, 5.74) is 1.27. The fraction of sp³-hybridized carbons (Fsp3) is 0.529. The third kappa shape index (κ3) is 5.65. The molecule has 1 aromatic carbocycles. The lowest BCUT2D eigenvalue weighted by atomic mass is 10.1. The maximum absolute atomic E-state index is 12.4. The highest BCUT2D eigenvalue weighted by Crippen LogP contribution is 2.08. The number of nitrogens with zero attached hydrogens (tertiary/aromatic N) is 1. The minimum atomic E-state index is -0.459. The van der Waals surface area contributed by atoms with Crippen LogP contribution >= 0.6 is 0 Å². The van der Waals surface area contributed by atoms with Gasteiger partial charge in [0.25, 0.3) is 0 Å². The van der Waals surface area contributed by atoms with E-state index in [0.29, 0.717) is 19.6 Å². The first-order valence-corrected chi connectivity index (χ1v) is 8.14. The molecule has 0 bridgehead atoms. The third-order valence-electron chi connectivity index (χ3n) is 3.94. The van der Waals surface area contributed by atoms with Gasteiger partial charge in [-0.1, -0.05) is 30.3 Å². The van der Waals surface area contributed by atoms with Crippen molar-refractivity contribution < 1.29 is 14.7 Å². The molecule has 6 heteroatoms. The van der Waals surface area contributed by atoms with Crippen molar-refractivity contribution in [2.75, 3.05) is 32.8 Å². The van der Waals surface area contributed by atoms with E-state index in [-0.39, 0.29) is 31.4 Å². The molecule has 1 heterocycles. The van der Waals surface area contributed by atoms with Crippen LogP contribution in [0.3, 0.4) is 0 Å². The average Bonchev–Trinajstić information content (AvgIpc) is 2.57. The molecule has 0 saturated carbocycles. The number of benzene rings is 1. The molecule has 1 saturated heterocycles. The molecule has 1 fully saturated rings. The molecule has 6 nitrogen and oxygen atoms in total. The van der Waals surface area contributed by atoms with Crippen LogP contribution in [0.15, 0.2) is 30.3 Å². The molecule has 126 valence electrons. The lowest BCUT2D eigenvalue weighted by molar-refractivity contribution is -0.138. The molecule has 3 N–H and O–H groups in total. The second-order valence-corrected chi connectivity index (χ2v) is 5.70. The van der Waals surface area contributed by atoms with E-state index in [2.05, 4.69) is 22.8 Å². The summed E-state index contributed by atoms with van der Waals surface area (Å²) in [5.74, 6) is -0.223. The van der Waals surface area contributed by atoms with E-state index >= 15 is 0 Å². The van der Waals surface area contributed by atoms with Gasteiger partial charge in [0.2, 0.25) is 11.8 Å². The van der Waals surface area contributed by atoms with Crippen LogP contribution in [0.2, 0.25) is 0 Å². The Balaban J connectivity index is 1.76. The monoisotopic (exact) mass is 319 g/mol. The van der Waals surface area contributed by atoms with Crippen LogP contribution in [0.1, 0.15) is 18.4 Å². The summed E-state index contributed by atoms with van der Waals surface area (Å²) in [6.45, 7) is 2.23. The van der Waals surface area contributed by atoms with E-state index in [0.717, 1.165) is 12.8 Å². The van der Waals surface area contributed by atoms with Crippen LogP contribution in [0.25, 0.3) is 0 Å². The minimum absolute atomic E-state index is 0.0107. The second kappa shape index (κ2) is 9.27. The molecule has 0 aliphatic carbocycles. The Bertz CT molecular complexity index is 507. The van der Waals surface area contributed by atoms with E-state index < -0.39 is 6.04 Å². The van der Waals surface area contributed by atoms with Crippen LogP contribution in [-0.4, -0.2) is 60.6 Å². The molecule has 1 aliphatic rings. The van der Waals surface area contributed by atoms with Gasteiger partial charge in [-0.05, 0) is 18.4 Å². The number of aliphatic hydroxyl groups excluding tert-OH is 1. The average molecular weight is 319 g/mol. The molecule has 1 unspecified atom stereocenters. The van der Waals surface area contributed by atoms with Crippen molar-refractivity contribution in [2.45, 2.75) is 25.3 Å². The summed E-state index contributed by atoms with van der Waals surface area (Å²) in [6.07, 6.45) is 1.98. The van der Waals surface area contributed by atoms with Gasteiger partial charge < -0.3 is 20.6 Å². The minimum Gasteiger partial charge on any atom is -0.395 e. The predicted octanol–water partition coefficient (Wildman–Crippen LogP) is -0.0818. The van der Waals surface area contributed by atoms with E-state index in [9.17, 15) is 9.59 Å². The van der Waals surface area contributed by atoms with Gasteiger partial charge in [0, 0.05) is 26.2 Å². The van der Waals surface area contributed by atoms with Crippen molar-refractivity contribution in [3.05, 3.63) is 35.9 Å². The van der Waals surface area contributed by atoms with Crippen molar-refractivity contribution in [3.8, 4) is 0 Å². The molecule has 1 aromatic rings. The number of carbonyl (C=O) groups excluding carboxylic acids is 2. The van der Waals surface area contributed by atoms with Crippen molar-refractivity contribution in [1.82, 2.24) is 15.5 Å². The maximum Gasteiger partial charge on any atom is 0.240 e. The molecule has 1 atom stereocenters. The Labute approximate surface area is 136 Å². The Morgan fingerprint density at radius 1 is 1.35 bits per heavy atom. The van der Waals surface area contributed by atoms with Crippen LogP contribution in [0.4, 0.5) is 0 Å². The highest BCUT2D eigenvalue weighted by molar-refractivity contribution is 5.88. The first kappa shape index (κ1) is 17.4. The summed E-state index contributed by atoms with van der Waals surface area (Å²) < 4.78 is 0. The second-order valence-electron chi connectivity index (χ2n) is 5.70. The number of hydrogen-bond donors (Lipinski definition) is 3. The zero-order chi connectivity index (χ0) is 16.5. The molecule has 0 radical (unpaired) electrons. The first-order valence-electron chi connectivity index (χ1n) is 8.14. The standard InChI is InChI=1S/C17H25N3O3/c21-12-9-19-16(22)13-15-17(23)20(11-8-18-15)10-4-7-14-5-2-1-3-6-14/h1-3,5-6,15,18,21H,4,7-13H2,(H,19,22). The SMILES string of the molecule is O=C(CC1NCCN(CCCc2ccccc2)C1=O)NCCO. The highest BCUT2D eigenvalue weighted by atomic mass is 16.3. The molecule has 0 aromatic heterocycles. The summed E-state index contributed by atoms with van der Waals surface area (Å²) in [5, 5.41) is 14.4. The topological polar surface area (TPSA) is 81.7 Å². The number of aliphatic hydroxyl groups is 1. The number of aryl methyl sites for hydroxylation is 1. The Morgan fingerprint density at radius 2 is 2.13 bits per heavy atom. The normalized spacial score (nSPS) is 18.0. The van der Waals surface area contributed by atoms with E-state index in [1.54, 1.807) is 0 Å². The van der Waals surface area contributed by atoms with Crippen LogP contribution < -0.4 is 10.6 Å². The van der Waals surface area contributed by atoms with Crippen molar-refractivity contribution in [1.29, 1.82) is 0 Å². The van der Waals surface area contributed by atoms with Crippen LogP contribution in [0.5, 0.6) is 0 Å². The number of piperazine rings is 1. The third-order valence-corrected chi connectivity index (χ3v) is 3.94. The van der Waals surface area contributed by atoms with E-state index in [1.807, 2.05) is 23.1 Å². The van der Waals surface area contributed by atoms with Gasteiger partial charge >= 0.3 is 0 Å². The lowest BCUT2D eigenvalue weighted by Crippen LogP contribution is -2.56. The summed E-state index contributed by atoms with van der Waals surface area (Å²) in [7, 11) is 0. The summed E-state index contributed by atoms with van der Waals surface area (Å²) in [4.78, 5) is 25.9. The van der Waals surface area contributed by atoms with Gasteiger partial charge in [0.05, 0.1) is 19.1 Å². The Kier molecular flexibility index (Phi) is 7.03. The highest BCUT2D eigenvalue weighted by Gasteiger charge is 2.29. The summed E-state index contributed by atoms with van der Waals surface area (Å²) in [6, 6.07) is 9.76. The van der Waals surface area contributed by atoms with Gasteiger partial charge in [0.15, 0.2) is 0 Å². The number of hydrogen-bond acceptors (Lipinski definition) is 4. The fourth-order valence-electron chi connectivity index (χ4n) is 2.74. The molecular weight excluding hydrogens is 294 g/mol. The molecular formula is C17H25N3O3. The first-order chi connectivity index (χ1) is 11.2. The lowest BCUT2D eigenvalue weighted by Gasteiger charge is -2.33. The van der Waals surface area contributed by atoms with Gasteiger partial charge in [-0.25, -0.2) is 0 Å². The van der Waals surface area contributed by atoms with Crippen molar-refractivity contribution in [2.24, 2.45) is 0 Å². The van der Waals surface area contributed by atoms with Crippen molar-refractivity contribution in [3.63, 3.8) is 0 Å². The van der Waals surface area contributed by atoms with E-state index in [4.69, 9.17) is 5.11 Å². The van der Waals surface area contributed by atoms with Crippen molar-refractivity contribution >= 4 is 11.8 Å². The Hall–Kier alpha value is -1.92. The van der Waals surface area contributed by atoms with Gasteiger partial charge in [0.1, 0.15) is 0 Å². The maximum atomic E-state index is 12.4. The molecule has 2 rings (SSSR count).